The van der Waals surface area contributed by atoms with E-state index >= 15 is 0 Å². The number of halogens is 2. The number of nitrogens with zero attached hydrogens (tertiary/aromatic N) is 2. The summed E-state index contributed by atoms with van der Waals surface area (Å²) >= 11 is 2.50. The van der Waals surface area contributed by atoms with E-state index in [0.717, 1.165) is 28.8 Å². The molecule has 1 aromatic carbocycles. The first-order valence-corrected chi connectivity index (χ1v) is 8.14. The lowest BCUT2D eigenvalue weighted by molar-refractivity contribution is 0.193. The zero-order valence-electron chi connectivity index (χ0n) is 11.1. The van der Waals surface area contributed by atoms with Crippen molar-refractivity contribution in [2.24, 2.45) is 0 Å². The van der Waals surface area contributed by atoms with E-state index in [4.69, 9.17) is 4.42 Å². The second-order valence-corrected chi connectivity index (χ2v) is 6.23. The van der Waals surface area contributed by atoms with Gasteiger partial charge in [-0.1, -0.05) is 23.9 Å². The van der Waals surface area contributed by atoms with E-state index < -0.39 is 17.7 Å². The van der Waals surface area contributed by atoms with E-state index in [-0.39, 0.29) is 16.5 Å². The van der Waals surface area contributed by atoms with Crippen LogP contribution in [0, 0.1) is 11.6 Å². The molecule has 0 bridgehead atoms. The molecular formula is C14H10F2N2O2S2. The monoisotopic (exact) mass is 340 g/mol. The summed E-state index contributed by atoms with van der Waals surface area (Å²) in [4.78, 5) is 0.833. The Balaban J connectivity index is 1.68. The quantitative estimate of drug-likeness (QED) is 0.714. The number of rotatable bonds is 5. The molecule has 0 saturated carbocycles. The Bertz CT molecular complexity index is 742. The minimum Gasteiger partial charge on any atom is -0.410 e. The summed E-state index contributed by atoms with van der Waals surface area (Å²) in [7, 11) is 0. The fraction of sp³-hybridized carbons (Fsp3) is 0.143. The standard InChI is InChI=1S/C14H10F2N2O2S2/c15-8-3-1-4-9(16)12(8)10(19)7-22-14-18-17-13(20-14)11-5-2-6-21-11/h1-6,10,19H,7H2. The molecule has 0 aliphatic rings. The molecule has 0 aliphatic heterocycles. The fourth-order valence-electron chi connectivity index (χ4n) is 1.83. The first kappa shape index (κ1) is 15.1. The van der Waals surface area contributed by atoms with Gasteiger partial charge in [0.25, 0.3) is 11.1 Å². The second kappa shape index (κ2) is 6.55. The largest absolute Gasteiger partial charge is 0.410 e. The summed E-state index contributed by atoms with van der Waals surface area (Å²) in [6, 6.07) is 7.17. The Kier molecular flexibility index (Phi) is 4.51. The fourth-order valence-corrected chi connectivity index (χ4v) is 3.18. The highest BCUT2D eigenvalue weighted by molar-refractivity contribution is 7.99. The number of aliphatic hydroxyl groups is 1. The summed E-state index contributed by atoms with van der Waals surface area (Å²) in [6.07, 6.45) is -1.30. The number of thiophene rings is 1. The first-order valence-electron chi connectivity index (χ1n) is 6.27. The highest BCUT2D eigenvalue weighted by Gasteiger charge is 2.19. The lowest BCUT2D eigenvalue weighted by Crippen LogP contribution is -2.06. The molecule has 0 saturated heterocycles. The Hall–Kier alpha value is -1.77. The molecule has 3 rings (SSSR count). The van der Waals surface area contributed by atoms with Crippen LogP contribution < -0.4 is 0 Å². The number of aromatic nitrogens is 2. The number of thioether (sulfide) groups is 1. The molecule has 0 spiro atoms. The lowest BCUT2D eigenvalue weighted by Gasteiger charge is -2.11. The highest BCUT2D eigenvalue weighted by Crippen LogP contribution is 2.30. The maximum atomic E-state index is 13.6. The van der Waals surface area contributed by atoms with Gasteiger partial charge < -0.3 is 9.52 Å². The van der Waals surface area contributed by atoms with E-state index in [1.54, 1.807) is 0 Å². The summed E-state index contributed by atoms with van der Waals surface area (Å²) in [6.45, 7) is 0. The van der Waals surface area contributed by atoms with Crippen LogP contribution in [-0.4, -0.2) is 21.1 Å². The van der Waals surface area contributed by atoms with Crippen molar-refractivity contribution in [3.8, 4) is 10.8 Å². The Morgan fingerprint density at radius 2 is 1.95 bits per heavy atom. The molecule has 3 aromatic rings. The zero-order valence-corrected chi connectivity index (χ0v) is 12.7. The molecule has 2 heterocycles. The minimum atomic E-state index is -1.30. The van der Waals surface area contributed by atoms with Crippen molar-refractivity contribution in [3.05, 3.63) is 52.9 Å². The van der Waals surface area contributed by atoms with Crippen molar-refractivity contribution in [2.45, 2.75) is 11.3 Å². The molecule has 0 radical (unpaired) electrons. The number of hydrogen-bond acceptors (Lipinski definition) is 6. The first-order chi connectivity index (χ1) is 10.6. The van der Waals surface area contributed by atoms with Crippen LogP contribution in [0.25, 0.3) is 10.8 Å². The molecule has 4 nitrogen and oxygen atoms in total. The third kappa shape index (κ3) is 3.18. The Morgan fingerprint density at radius 3 is 2.64 bits per heavy atom. The van der Waals surface area contributed by atoms with Gasteiger partial charge in [-0.2, -0.15) is 0 Å². The molecule has 0 amide bonds. The van der Waals surface area contributed by atoms with E-state index in [1.807, 2.05) is 17.5 Å². The van der Waals surface area contributed by atoms with Gasteiger partial charge in [0.05, 0.1) is 16.5 Å². The predicted octanol–water partition coefficient (Wildman–Crippen LogP) is 3.90. The Labute approximate surface area is 132 Å². The third-order valence-corrected chi connectivity index (χ3v) is 4.59. The van der Waals surface area contributed by atoms with E-state index in [0.29, 0.717) is 5.89 Å². The summed E-state index contributed by atoms with van der Waals surface area (Å²) in [5, 5.41) is 19.8. The number of aliphatic hydroxyl groups excluding tert-OH is 1. The summed E-state index contributed by atoms with van der Waals surface area (Å²) in [5.41, 5.74) is -0.354. The average Bonchev–Trinajstić information content (AvgIpc) is 3.16. The van der Waals surface area contributed by atoms with Crippen molar-refractivity contribution < 1.29 is 18.3 Å². The molecule has 8 heteroatoms. The van der Waals surface area contributed by atoms with Gasteiger partial charge in [-0.3, -0.25) is 0 Å². The topological polar surface area (TPSA) is 59.2 Å². The molecule has 1 N–H and O–H groups in total. The van der Waals surface area contributed by atoms with Gasteiger partial charge in [0.15, 0.2) is 0 Å². The van der Waals surface area contributed by atoms with Gasteiger partial charge in [0.2, 0.25) is 0 Å². The van der Waals surface area contributed by atoms with Gasteiger partial charge in [0.1, 0.15) is 11.6 Å². The molecule has 22 heavy (non-hydrogen) atoms. The lowest BCUT2D eigenvalue weighted by atomic mass is 10.1. The normalized spacial score (nSPS) is 12.5. The maximum absolute atomic E-state index is 13.6. The van der Waals surface area contributed by atoms with Crippen LogP contribution in [0.5, 0.6) is 0 Å². The van der Waals surface area contributed by atoms with Gasteiger partial charge in [-0.25, -0.2) is 8.78 Å². The molecule has 1 unspecified atom stereocenters. The molecule has 1 atom stereocenters. The van der Waals surface area contributed by atoms with Crippen LogP contribution in [0.1, 0.15) is 11.7 Å². The van der Waals surface area contributed by atoms with Crippen LogP contribution in [0.2, 0.25) is 0 Å². The maximum Gasteiger partial charge on any atom is 0.276 e. The van der Waals surface area contributed by atoms with Crippen molar-refractivity contribution >= 4 is 23.1 Å². The van der Waals surface area contributed by atoms with E-state index in [2.05, 4.69) is 10.2 Å². The van der Waals surface area contributed by atoms with Crippen molar-refractivity contribution in [1.29, 1.82) is 0 Å². The van der Waals surface area contributed by atoms with Crippen LogP contribution in [0.3, 0.4) is 0 Å². The molecule has 2 aromatic heterocycles. The van der Waals surface area contributed by atoms with Crippen LogP contribution >= 0.6 is 23.1 Å². The van der Waals surface area contributed by atoms with Crippen LogP contribution in [-0.2, 0) is 0 Å². The number of hydrogen-bond donors (Lipinski definition) is 1. The zero-order chi connectivity index (χ0) is 15.5. The molecule has 114 valence electrons. The number of benzene rings is 1. The van der Waals surface area contributed by atoms with Gasteiger partial charge in [-0.15, -0.1) is 21.5 Å². The van der Waals surface area contributed by atoms with Gasteiger partial charge in [0, 0.05) is 5.75 Å². The summed E-state index contributed by atoms with van der Waals surface area (Å²) in [5.74, 6) is -1.18. The minimum absolute atomic E-state index is 0.00390. The average molecular weight is 340 g/mol. The third-order valence-electron chi connectivity index (χ3n) is 2.84. The van der Waals surface area contributed by atoms with Crippen molar-refractivity contribution in [1.82, 2.24) is 10.2 Å². The van der Waals surface area contributed by atoms with Crippen LogP contribution in [0.4, 0.5) is 8.78 Å². The SMILES string of the molecule is OC(CSc1nnc(-c2cccs2)o1)c1c(F)cccc1F. The van der Waals surface area contributed by atoms with Crippen LogP contribution in [0.15, 0.2) is 45.4 Å². The van der Waals surface area contributed by atoms with Gasteiger partial charge in [-0.05, 0) is 23.6 Å². The molecule has 0 fully saturated rings. The van der Waals surface area contributed by atoms with E-state index in [1.165, 1.54) is 17.4 Å². The van der Waals surface area contributed by atoms with Crippen molar-refractivity contribution in [3.63, 3.8) is 0 Å². The predicted molar refractivity (Wildman–Crippen MR) is 79.7 cm³/mol. The highest BCUT2D eigenvalue weighted by atomic mass is 32.2. The van der Waals surface area contributed by atoms with Gasteiger partial charge >= 0.3 is 0 Å². The molecule has 0 aliphatic carbocycles. The molecular weight excluding hydrogens is 330 g/mol. The smallest absolute Gasteiger partial charge is 0.276 e. The Morgan fingerprint density at radius 1 is 1.18 bits per heavy atom. The van der Waals surface area contributed by atoms with E-state index in [9.17, 15) is 13.9 Å². The summed E-state index contributed by atoms with van der Waals surface area (Å²) < 4.78 is 32.5. The second-order valence-electron chi connectivity index (χ2n) is 4.31. The van der Waals surface area contributed by atoms with Crippen molar-refractivity contribution in [2.75, 3.05) is 5.75 Å².